The standard InChI is InChI=1S/C17H16O5.C2H6/c1-21-14-6-11(7-15(10-14)22-2)8-16(17(19)20)12-4-3-5-13(18)9-12;1-2/h3-10,18H,1-2H3,(H,19,20);1-2H3/b16-8+;. The number of methoxy groups -OCH3 is 2. The van der Waals surface area contributed by atoms with Gasteiger partial charge in [-0.25, -0.2) is 4.79 Å². The summed E-state index contributed by atoms with van der Waals surface area (Å²) in [6.07, 6.45) is 1.50. The molecule has 0 fully saturated rings. The van der Waals surface area contributed by atoms with Crippen LogP contribution in [0.5, 0.6) is 17.2 Å². The molecule has 0 amide bonds. The molecule has 0 aliphatic carbocycles. The van der Waals surface area contributed by atoms with Gasteiger partial charge in [0.15, 0.2) is 0 Å². The Bertz CT molecular complexity index is 697. The topological polar surface area (TPSA) is 76.0 Å². The van der Waals surface area contributed by atoms with Gasteiger partial charge in [-0.05, 0) is 41.5 Å². The van der Waals surface area contributed by atoms with Crippen molar-refractivity contribution >= 4 is 17.6 Å². The molecule has 5 nitrogen and oxygen atoms in total. The molecule has 0 aliphatic heterocycles. The largest absolute Gasteiger partial charge is 0.508 e. The predicted octanol–water partition coefficient (Wildman–Crippen LogP) is 4.06. The first-order valence-electron chi connectivity index (χ1n) is 7.51. The van der Waals surface area contributed by atoms with Gasteiger partial charge in [0.05, 0.1) is 19.8 Å². The number of aliphatic carboxylic acids is 1. The highest BCUT2D eigenvalue weighted by Crippen LogP contribution is 2.27. The molecule has 0 unspecified atom stereocenters. The van der Waals surface area contributed by atoms with Crippen LogP contribution >= 0.6 is 0 Å². The van der Waals surface area contributed by atoms with Crippen LogP contribution < -0.4 is 9.47 Å². The van der Waals surface area contributed by atoms with Crippen LogP contribution in [0.4, 0.5) is 0 Å². The summed E-state index contributed by atoms with van der Waals surface area (Å²) in [6, 6.07) is 11.2. The average molecular weight is 330 g/mol. The second kappa shape index (κ2) is 9.25. The van der Waals surface area contributed by atoms with Crippen molar-refractivity contribution in [1.29, 1.82) is 0 Å². The van der Waals surface area contributed by atoms with Crippen molar-refractivity contribution in [2.45, 2.75) is 13.8 Å². The lowest BCUT2D eigenvalue weighted by Gasteiger charge is -2.08. The van der Waals surface area contributed by atoms with Crippen LogP contribution in [-0.4, -0.2) is 30.4 Å². The Kier molecular flexibility index (Phi) is 7.36. The maximum absolute atomic E-state index is 11.5. The molecule has 2 N–H and O–H groups in total. The van der Waals surface area contributed by atoms with E-state index < -0.39 is 5.97 Å². The van der Waals surface area contributed by atoms with Crippen molar-refractivity contribution in [1.82, 2.24) is 0 Å². The van der Waals surface area contributed by atoms with Gasteiger partial charge in [0.2, 0.25) is 0 Å². The summed E-state index contributed by atoms with van der Waals surface area (Å²) in [5.74, 6) is 0.0396. The number of ether oxygens (including phenoxy) is 2. The van der Waals surface area contributed by atoms with Crippen LogP contribution in [0.15, 0.2) is 42.5 Å². The van der Waals surface area contributed by atoms with Crippen molar-refractivity contribution in [2.24, 2.45) is 0 Å². The Labute approximate surface area is 141 Å². The second-order valence-corrected chi connectivity index (χ2v) is 4.56. The van der Waals surface area contributed by atoms with Crippen LogP contribution in [0.3, 0.4) is 0 Å². The molecular formula is C19H22O5. The number of phenols is 1. The lowest BCUT2D eigenvalue weighted by atomic mass is 10.0. The van der Waals surface area contributed by atoms with Crippen molar-refractivity contribution in [3.05, 3.63) is 53.6 Å². The maximum Gasteiger partial charge on any atom is 0.336 e. The molecule has 0 atom stereocenters. The SMILES string of the molecule is CC.COc1cc(/C=C(/C(=O)O)c2cccc(O)c2)cc(OC)c1. The molecule has 128 valence electrons. The highest BCUT2D eigenvalue weighted by atomic mass is 16.5. The average Bonchev–Trinajstić information content (AvgIpc) is 2.60. The van der Waals surface area contributed by atoms with Crippen LogP contribution in [0.1, 0.15) is 25.0 Å². The minimum atomic E-state index is -1.09. The number of benzene rings is 2. The van der Waals surface area contributed by atoms with Gasteiger partial charge in [-0.15, -0.1) is 0 Å². The second-order valence-electron chi connectivity index (χ2n) is 4.56. The molecule has 5 heteroatoms. The lowest BCUT2D eigenvalue weighted by molar-refractivity contribution is -0.130. The van der Waals surface area contributed by atoms with Gasteiger partial charge in [-0.1, -0.05) is 26.0 Å². The predicted molar refractivity (Wildman–Crippen MR) is 94.5 cm³/mol. The van der Waals surface area contributed by atoms with Crippen LogP contribution in [0, 0.1) is 0 Å². The summed E-state index contributed by atoms with van der Waals surface area (Å²) in [7, 11) is 3.05. The molecule has 2 aromatic rings. The fourth-order valence-electron chi connectivity index (χ4n) is 2.02. The third kappa shape index (κ3) is 5.05. The fraction of sp³-hybridized carbons (Fsp3) is 0.211. The molecule has 0 bridgehead atoms. The van der Waals surface area contributed by atoms with Gasteiger partial charge in [0.1, 0.15) is 17.2 Å². The Balaban J connectivity index is 0.00000139. The highest BCUT2D eigenvalue weighted by Gasteiger charge is 2.12. The summed E-state index contributed by atoms with van der Waals surface area (Å²) >= 11 is 0. The Morgan fingerprint density at radius 3 is 2.04 bits per heavy atom. The number of hydrogen-bond acceptors (Lipinski definition) is 4. The van der Waals surface area contributed by atoms with E-state index >= 15 is 0 Å². The molecule has 2 aromatic carbocycles. The number of carboxylic acid groups (broad SMARTS) is 1. The van der Waals surface area contributed by atoms with E-state index in [2.05, 4.69) is 0 Å². The zero-order valence-electron chi connectivity index (χ0n) is 14.2. The molecule has 0 radical (unpaired) electrons. The number of phenolic OH excluding ortho intramolecular Hbond substituents is 1. The fourth-order valence-corrected chi connectivity index (χ4v) is 2.02. The number of carboxylic acids is 1. The zero-order chi connectivity index (χ0) is 18.1. The minimum absolute atomic E-state index is 0.00729. The van der Waals surface area contributed by atoms with Crippen molar-refractivity contribution in [2.75, 3.05) is 14.2 Å². The van der Waals surface area contributed by atoms with E-state index in [1.807, 2.05) is 13.8 Å². The van der Waals surface area contributed by atoms with E-state index in [9.17, 15) is 15.0 Å². The van der Waals surface area contributed by atoms with E-state index in [0.717, 1.165) is 0 Å². The first-order valence-corrected chi connectivity index (χ1v) is 7.51. The molecule has 0 aliphatic rings. The van der Waals surface area contributed by atoms with Crippen molar-refractivity contribution in [3.63, 3.8) is 0 Å². The first-order chi connectivity index (χ1) is 11.5. The molecule has 0 spiro atoms. The molecule has 0 saturated carbocycles. The number of hydrogen-bond donors (Lipinski definition) is 2. The van der Waals surface area contributed by atoms with Gasteiger partial charge in [0.25, 0.3) is 0 Å². The summed E-state index contributed by atoms with van der Waals surface area (Å²) in [5, 5.41) is 18.9. The molecule has 0 heterocycles. The van der Waals surface area contributed by atoms with Gasteiger partial charge in [0, 0.05) is 6.07 Å². The molecule has 2 rings (SSSR count). The molecule has 0 aromatic heterocycles. The summed E-state index contributed by atoms with van der Waals surface area (Å²) in [5.41, 5.74) is 1.09. The first kappa shape index (κ1) is 19.1. The summed E-state index contributed by atoms with van der Waals surface area (Å²) in [4.78, 5) is 11.5. The molecule has 24 heavy (non-hydrogen) atoms. The summed E-state index contributed by atoms with van der Waals surface area (Å²) in [6.45, 7) is 4.00. The Hall–Kier alpha value is -2.95. The monoisotopic (exact) mass is 330 g/mol. The van der Waals surface area contributed by atoms with Crippen LogP contribution in [0.25, 0.3) is 11.6 Å². The van der Waals surface area contributed by atoms with Gasteiger partial charge >= 0.3 is 5.97 Å². The smallest absolute Gasteiger partial charge is 0.336 e. The Morgan fingerprint density at radius 1 is 1.00 bits per heavy atom. The third-order valence-corrected chi connectivity index (χ3v) is 3.07. The van der Waals surface area contributed by atoms with Crippen molar-refractivity contribution < 1.29 is 24.5 Å². The van der Waals surface area contributed by atoms with E-state index in [-0.39, 0.29) is 11.3 Å². The molecule has 0 saturated heterocycles. The van der Waals surface area contributed by atoms with E-state index in [0.29, 0.717) is 22.6 Å². The van der Waals surface area contributed by atoms with Gasteiger partial charge in [-0.3, -0.25) is 0 Å². The Morgan fingerprint density at radius 2 is 1.58 bits per heavy atom. The number of carbonyl (C=O) groups is 1. The third-order valence-electron chi connectivity index (χ3n) is 3.07. The minimum Gasteiger partial charge on any atom is -0.508 e. The molecular weight excluding hydrogens is 308 g/mol. The van der Waals surface area contributed by atoms with Gasteiger partial charge in [-0.2, -0.15) is 0 Å². The maximum atomic E-state index is 11.5. The quantitative estimate of drug-likeness (QED) is 0.638. The number of aromatic hydroxyl groups is 1. The van der Waals surface area contributed by atoms with Crippen molar-refractivity contribution in [3.8, 4) is 17.2 Å². The summed E-state index contributed by atoms with van der Waals surface area (Å²) < 4.78 is 10.3. The van der Waals surface area contributed by atoms with Gasteiger partial charge < -0.3 is 19.7 Å². The normalized spacial score (nSPS) is 10.4. The van der Waals surface area contributed by atoms with Crippen LogP contribution in [-0.2, 0) is 4.79 Å². The van der Waals surface area contributed by atoms with E-state index in [4.69, 9.17) is 9.47 Å². The zero-order valence-corrected chi connectivity index (χ0v) is 14.2. The van der Waals surface area contributed by atoms with E-state index in [1.165, 1.54) is 32.4 Å². The number of rotatable bonds is 5. The van der Waals surface area contributed by atoms with Crippen LogP contribution in [0.2, 0.25) is 0 Å². The lowest BCUT2D eigenvalue weighted by Crippen LogP contribution is -1.99. The van der Waals surface area contributed by atoms with E-state index in [1.54, 1.807) is 30.3 Å². The highest BCUT2D eigenvalue weighted by molar-refractivity contribution is 6.20.